The zero-order chi connectivity index (χ0) is 13.1. The number of carbonyl (C=O) groups is 1. The Bertz CT molecular complexity index is 191. The number of unbranched alkanes of at least 4 members (excludes halogenated alkanes) is 1. The number of hydrogen-bond donors (Lipinski definition) is 0. The van der Waals surface area contributed by atoms with Crippen molar-refractivity contribution in [1.82, 2.24) is 4.90 Å². The summed E-state index contributed by atoms with van der Waals surface area (Å²) in [6, 6.07) is 0. The molecule has 0 saturated carbocycles. The lowest BCUT2D eigenvalue weighted by Gasteiger charge is -2.27. The summed E-state index contributed by atoms with van der Waals surface area (Å²) in [5, 5.41) is 0. The molecule has 0 aromatic heterocycles. The maximum atomic E-state index is 12.0. The molecule has 2 heteroatoms. The van der Waals surface area contributed by atoms with Gasteiger partial charge in [-0.25, -0.2) is 0 Å². The van der Waals surface area contributed by atoms with Crippen molar-refractivity contribution in [2.24, 2.45) is 5.92 Å². The summed E-state index contributed by atoms with van der Waals surface area (Å²) in [5.74, 6) is 1.05. The Morgan fingerprint density at radius 3 is 2.24 bits per heavy atom. The van der Waals surface area contributed by atoms with Gasteiger partial charge in [0.2, 0.25) is 5.91 Å². The van der Waals surface area contributed by atoms with E-state index in [1.165, 1.54) is 25.7 Å². The van der Waals surface area contributed by atoms with E-state index in [0.717, 1.165) is 25.9 Å². The lowest BCUT2D eigenvalue weighted by Crippen LogP contribution is -2.35. The maximum absolute atomic E-state index is 12.0. The van der Waals surface area contributed by atoms with E-state index in [2.05, 4.69) is 32.6 Å². The molecule has 0 fully saturated rings. The molecule has 0 bridgehead atoms. The second-order valence-corrected chi connectivity index (χ2v) is 5.01. The van der Waals surface area contributed by atoms with Crippen molar-refractivity contribution < 1.29 is 4.79 Å². The molecule has 0 aliphatic rings. The molecule has 0 N–H and O–H groups in total. The van der Waals surface area contributed by atoms with Crippen LogP contribution in [-0.4, -0.2) is 23.9 Å². The fraction of sp³-hybridized carbons (Fsp3) is 0.933. The highest BCUT2D eigenvalue weighted by atomic mass is 16.2. The monoisotopic (exact) mass is 241 g/mol. The van der Waals surface area contributed by atoms with Crippen molar-refractivity contribution in [3.8, 4) is 0 Å². The van der Waals surface area contributed by atoms with Crippen LogP contribution < -0.4 is 0 Å². The van der Waals surface area contributed by atoms with Gasteiger partial charge in [-0.3, -0.25) is 4.79 Å². The van der Waals surface area contributed by atoms with Crippen molar-refractivity contribution in [3.05, 3.63) is 0 Å². The zero-order valence-electron chi connectivity index (χ0n) is 12.3. The van der Waals surface area contributed by atoms with E-state index in [4.69, 9.17) is 0 Å². The van der Waals surface area contributed by atoms with E-state index >= 15 is 0 Å². The van der Waals surface area contributed by atoms with Crippen molar-refractivity contribution in [1.29, 1.82) is 0 Å². The first-order valence-corrected chi connectivity index (χ1v) is 7.47. The van der Waals surface area contributed by atoms with Gasteiger partial charge in [-0.1, -0.05) is 47.0 Å². The Morgan fingerprint density at radius 1 is 1.06 bits per heavy atom. The average molecular weight is 241 g/mol. The lowest BCUT2D eigenvalue weighted by molar-refractivity contribution is -0.132. The summed E-state index contributed by atoms with van der Waals surface area (Å²) in [4.78, 5) is 14.1. The van der Waals surface area contributed by atoms with Gasteiger partial charge in [-0.15, -0.1) is 0 Å². The van der Waals surface area contributed by atoms with Gasteiger partial charge in [0.15, 0.2) is 0 Å². The molecular formula is C15H31NO. The van der Waals surface area contributed by atoms with Crippen LogP contribution in [0, 0.1) is 5.92 Å². The minimum absolute atomic E-state index is 0.351. The molecule has 0 aliphatic heterocycles. The van der Waals surface area contributed by atoms with Crippen LogP contribution in [-0.2, 0) is 4.79 Å². The molecule has 1 unspecified atom stereocenters. The maximum Gasteiger partial charge on any atom is 0.222 e. The molecule has 0 saturated heterocycles. The predicted octanol–water partition coefficient (Wildman–Crippen LogP) is 4.24. The predicted molar refractivity (Wildman–Crippen MR) is 75.1 cm³/mol. The van der Waals surface area contributed by atoms with E-state index in [-0.39, 0.29) is 0 Å². The molecule has 2 nitrogen and oxygen atoms in total. The van der Waals surface area contributed by atoms with Crippen LogP contribution in [0.25, 0.3) is 0 Å². The molecule has 0 radical (unpaired) electrons. The van der Waals surface area contributed by atoms with E-state index in [9.17, 15) is 4.79 Å². The van der Waals surface area contributed by atoms with E-state index in [1.54, 1.807) is 0 Å². The lowest BCUT2D eigenvalue weighted by atomic mass is 9.98. The molecule has 0 aliphatic carbocycles. The third kappa shape index (κ3) is 7.40. The largest absolute Gasteiger partial charge is 0.342 e. The summed E-state index contributed by atoms with van der Waals surface area (Å²) in [7, 11) is 0. The van der Waals surface area contributed by atoms with Gasteiger partial charge in [-0.05, 0) is 25.2 Å². The SMILES string of the molecule is CCCCC(CC)CN(CCC)C(=O)CCC. The van der Waals surface area contributed by atoms with Crippen molar-refractivity contribution in [3.63, 3.8) is 0 Å². The quantitative estimate of drug-likeness (QED) is 0.560. The summed E-state index contributed by atoms with van der Waals surface area (Å²) >= 11 is 0. The molecular weight excluding hydrogens is 210 g/mol. The molecule has 1 atom stereocenters. The highest BCUT2D eigenvalue weighted by Gasteiger charge is 2.16. The summed E-state index contributed by atoms with van der Waals surface area (Å²) in [6.45, 7) is 10.6. The summed E-state index contributed by atoms with van der Waals surface area (Å²) in [6.07, 6.45) is 7.76. The van der Waals surface area contributed by atoms with Crippen LogP contribution in [0.3, 0.4) is 0 Å². The van der Waals surface area contributed by atoms with Gasteiger partial charge in [0.25, 0.3) is 0 Å². The molecule has 1 amide bonds. The number of amides is 1. The Labute approximate surface area is 108 Å². The standard InChI is InChI=1S/C15H31NO/c1-5-9-11-14(8-4)13-16(12-7-3)15(17)10-6-2/h14H,5-13H2,1-4H3. The van der Waals surface area contributed by atoms with Crippen LogP contribution in [0.5, 0.6) is 0 Å². The molecule has 0 rings (SSSR count). The number of rotatable bonds is 10. The molecule has 0 aromatic carbocycles. The van der Waals surface area contributed by atoms with E-state index in [0.29, 0.717) is 18.2 Å². The number of hydrogen-bond acceptors (Lipinski definition) is 1. The fourth-order valence-electron chi connectivity index (χ4n) is 2.19. The van der Waals surface area contributed by atoms with E-state index in [1.807, 2.05) is 0 Å². The van der Waals surface area contributed by atoms with E-state index < -0.39 is 0 Å². The topological polar surface area (TPSA) is 20.3 Å². The normalized spacial score (nSPS) is 12.5. The Morgan fingerprint density at radius 2 is 1.76 bits per heavy atom. The van der Waals surface area contributed by atoms with Gasteiger partial charge < -0.3 is 4.90 Å². The van der Waals surface area contributed by atoms with Crippen molar-refractivity contribution in [2.45, 2.75) is 72.6 Å². The van der Waals surface area contributed by atoms with Crippen LogP contribution >= 0.6 is 0 Å². The Kier molecular flexibility index (Phi) is 10.3. The van der Waals surface area contributed by atoms with Crippen molar-refractivity contribution >= 4 is 5.91 Å². The summed E-state index contributed by atoms with van der Waals surface area (Å²) < 4.78 is 0. The van der Waals surface area contributed by atoms with Crippen LogP contribution in [0.4, 0.5) is 0 Å². The average Bonchev–Trinajstić information content (AvgIpc) is 2.33. The molecule has 0 heterocycles. The van der Waals surface area contributed by atoms with Gasteiger partial charge in [0, 0.05) is 19.5 Å². The second kappa shape index (κ2) is 10.6. The van der Waals surface area contributed by atoms with Crippen LogP contribution in [0.15, 0.2) is 0 Å². The number of nitrogens with zero attached hydrogens (tertiary/aromatic N) is 1. The third-order valence-corrected chi connectivity index (χ3v) is 3.33. The van der Waals surface area contributed by atoms with Crippen molar-refractivity contribution in [2.75, 3.05) is 13.1 Å². The highest BCUT2D eigenvalue weighted by molar-refractivity contribution is 5.76. The van der Waals surface area contributed by atoms with Gasteiger partial charge in [0.05, 0.1) is 0 Å². The minimum Gasteiger partial charge on any atom is -0.342 e. The first-order chi connectivity index (χ1) is 8.19. The highest BCUT2D eigenvalue weighted by Crippen LogP contribution is 2.15. The van der Waals surface area contributed by atoms with Crippen LogP contribution in [0.1, 0.15) is 72.6 Å². The first kappa shape index (κ1) is 16.5. The van der Waals surface area contributed by atoms with Crippen LogP contribution in [0.2, 0.25) is 0 Å². The summed E-state index contributed by atoms with van der Waals surface area (Å²) in [5.41, 5.74) is 0. The smallest absolute Gasteiger partial charge is 0.222 e. The van der Waals surface area contributed by atoms with Gasteiger partial charge in [0.1, 0.15) is 0 Å². The Balaban J connectivity index is 4.23. The van der Waals surface area contributed by atoms with Gasteiger partial charge >= 0.3 is 0 Å². The van der Waals surface area contributed by atoms with Gasteiger partial charge in [-0.2, -0.15) is 0 Å². The fourth-order valence-corrected chi connectivity index (χ4v) is 2.19. The zero-order valence-corrected chi connectivity index (χ0v) is 12.3. The minimum atomic E-state index is 0.351. The second-order valence-electron chi connectivity index (χ2n) is 5.01. The Hall–Kier alpha value is -0.530. The molecule has 102 valence electrons. The molecule has 17 heavy (non-hydrogen) atoms. The molecule has 0 spiro atoms. The number of carbonyl (C=O) groups excluding carboxylic acids is 1. The third-order valence-electron chi connectivity index (χ3n) is 3.33. The molecule has 0 aromatic rings. The first-order valence-electron chi connectivity index (χ1n) is 7.47.